The summed E-state index contributed by atoms with van der Waals surface area (Å²) in [7, 11) is 3.24. The fourth-order valence-corrected chi connectivity index (χ4v) is 2.20. The molecular formula is C14H25N3O3. The lowest BCUT2D eigenvalue weighted by Gasteiger charge is -2.24. The normalized spacial score (nSPS) is 14.0. The molecule has 0 radical (unpaired) electrons. The van der Waals surface area contributed by atoms with Crippen molar-refractivity contribution < 1.29 is 14.6 Å². The van der Waals surface area contributed by atoms with E-state index in [1.54, 1.807) is 24.5 Å². The number of methoxy groups -OCH3 is 1. The van der Waals surface area contributed by atoms with E-state index in [0.717, 1.165) is 12.8 Å². The van der Waals surface area contributed by atoms with Crippen LogP contribution in [0.5, 0.6) is 0 Å². The summed E-state index contributed by atoms with van der Waals surface area (Å²) in [4.78, 5) is 17.8. The summed E-state index contributed by atoms with van der Waals surface area (Å²) >= 11 is 0. The van der Waals surface area contributed by atoms with E-state index in [1.165, 1.54) is 7.11 Å². The summed E-state index contributed by atoms with van der Waals surface area (Å²) in [6.07, 6.45) is 7.05. The van der Waals surface area contributed by atoms with Gasteiger partial charge in [-0.3, -0.25) is 4.79 Å². The van der Waals surface area contributed by atoms with Gasteiger partial charge in [-0.05, 0) is 6.42 Å². The Labute approximate surface area is 120 Å². The van der Waals surface area contributed by atoms with Gasteiger partial charge in [0.05, 0.1) is 19.0 Å². The van der Waals surface area contributed by atoms with Gasteiger partial charge in [0.2, 0.25) is 5.91 Å². The Morgan fingerprint density at radius 1 is 1.55 bits per heavy atom. The second-order valence-corrected chi connectivity index (χ2v) is 5.04. The molecule has 1 aromatic rings. The quantitative estimate of drug-likeness (QED) is 0.736. The van der Waals surface area contributed by atoms with E-state index in [1.807, 2.05) is 10.8 Å². The predicted octanol–water partition coefficient (Wildman–Crippen LogP) is 1.08. The first-order valence-corrected chi connectivity index (χ1v) is 6.96. The molecule has 6 nitrogen and oxygen atoms in total. The molecule has 0 aliphatic heterocycles. The summed E-state index contributed by atoms with van der Waals surface area (Å²) in [5.74, 6) is 0.0207. The SMILES string of the molecule is CCCC(CC(=O)N(C)CC(O)COC)n1ccnc1. The number of aliphatic hydroxyl groups is 1. The van der Waals surface area contributed by atoms with Crippen LogP contribution in [-0.4, -0.2) is 58.9 Å². The van der Waals surface area contributed by atoms with E-state index < -0.39 is 6.10 Å². The highest BCUT2D eigenvalue weighted by Gasteiger charge is 2.19. The molecule has 0 bridgehead atoms. The fourth-order valence-electron chi connectivity index (χ4n) is 2.20. The number of imidazole rings is 1. The Kier molecular flexibility index (Phi) is 7.25. The first-order valence-electron chi connectivity index (χ1n) is 6.96. The van der Waals surface area contributed by atoms with Crippen molar-refractivity contribution in [3.8, 4) is 0 Å². The van der Waals surface area contributed by atoms with Crippen molar-refractivity contribution in [3.05, 3.63) is 18.7 Å². The Bertz CT molecular complexity index is 381. The number of rotatable bonds is 9. The van der Waals surface area contributed by atoms with Gasteiger partial charge in [-0.15, -0.1) is 0 Å². The third-order valence-electron chi connectivity index (χ3n) is 3.25. The molecule has 2 atom stereocenters. The molecule has 1 N–H and O–H groups in total. The Morgan fingerprint density at radius 2 is 2.30 bits per heavy atom. The van der Waals surface area contributed by atoms with Gasteiger partial charge in [-0.1, -0.05) is 13.3 Å². The van der Waals surface area contributed by atoms with E-state index >= 15 is 0 Å². The Hall–Kier alpha value is -1.40. The van der Waals surface area contributed by atoms with Crippen LogP contribution in [0.25, 0.3) is 0 Å². The number of carbonyl (C=O) groups is 1. The molecule has 0 aliphatic rings. The minimum absolute atomic E-state index is 0.0207. The smallest absolute Gasteiger partial charge is 0.224 e. The molecule has 6 heteroatoms. The van der Waals surface area contributed by atoms with Gasteiger partial charge in [-0.25, -0.2) is 4.98 Å². The van der Waals surface area contributed by atoms with E-state index in [0.29, 0.717) is 6.42 Å². The Balaban J connectivity index is 2.53. The molecule has 1 amide bonds. The van der Waals surface area contributed by atoms with Gasteiger partial charge < -0.3 is 19.3 Å². The van der Waals surface area contributed by atoms with Gasteiger partial charge in [0, 0.05) is 45.6 Å². The first kappa shape index (κ1) is 16.7. The molecule has 0 saturated heterocycles. The molecular weight excluding hydrogens is 258 g/mol. The van der Waals surface area contributed by atoms with Crippen molar-refractivity contribution in [1.29, 1.82) is 0 Å². The molecule has 1 heterocycles. The van der Waals surface area contributed by atoms with Crippen LogP contribution in [0.4, 0.5) is 0 Å². The molecule has 1 rings (SSSR count). The third-order valence-corrected chi connectivity index (χ3v) is 3.25. The van der Waals surface area contributed by atoms with Crippen LogP contribution in [0, 0.1) is 0 Å². The molecule has 0 aliphatic carbocycles. The van der Waals surface area contributed by atoms with Crippen molar-refractivity contribution in [2.75, 3.05) is 27.3 Å². The zero-order valence-electron chi connectivity index (χ0n) is 12.5. The lowest BCUT2D eigenvalue weighted by atomic mass is 10.1. The molecule has 0 saturated carbocycles. The van der Waals surface area contributed by atoms with Crippen LogP contribution in [0.1, 0.15) is 32.2 Å². The topological polar surface area (TPSA) is 67.6 Å². The van der Waals surface area contributed by atoms with E-state index in [9.17, 15) is 9.90 Å². The minimum atomic E-state index is -0.646. The summed E-state index contributed by atoms with van der Waals surface area (Å²) in [5, 5.41) is 9.66. The maximum absolute atomic E-state index is 12.2. The van der Waals surface area contributed by atoms with Crippen LogP contribution < -0.4 is 0 Å². The number of amides is 1. The number of hydrogen-bond acceptors (Lipinski definition) is 4. The number of likely N-dealkylation sites (N-methyl/N-ethyl adjacent to an activating group) is 1. The summed E-state index contributed by atoms with van der Waals surface area (Å²) < 4.78 is 6.84. The lowest BCUT2D eigenvalue weighted by molar-refractivity contribution is -0.132. The van der Waals surface area contributed by atoms with Gasteiger partial charge in [0.15, 0.2) is 0 Å². The predicted molar refractivity (Wildman–Crippen MR) is 76.3 cm³/mol. The molecule has 1 aromatic heterocycles. The molecule has 114 valence electrons. The highest BCUT2D eigenvalue weighted by molar-refractivity contribution is 5.76. The molecule has 0 spiro atoms. The third kappa shape index (κ3) is 5.30. The van der Waals surface area contributed by atoms with Crippen molar-refractivity contribution in [3.63, 3.8) is 0 Å². The number of hydrogen-bond donors (Lipinski definition) is 1. The number of carbonyl (C=O) groups excluding carboxylic acids is 1. The average molecular weight is 283 g/mol. The van der Waals surface area contributed by atoms with Crippen molar-refractivity contribution in [2.45, 2.75) is 38.3 Å². The molecule has 20 heavy (non-hydrogen) atoms. The summed E-state index contributed by atoms with van der Waals surface area (Å²) in [5.41, 5.74) is 0. The van der Waals surface area contributed by atoms with E-state index in [2.05, 4.69) is 11.9 Å². The molecule has 2 unspecified atom stereocenters. The number of ether oxygens (including phenoxy) is 1. The monoisotopic (exact) mass is 283 g/mol. The first-order chi connectivity index (χ1) is 9.58. The lowest BCUT2D eigenvalue weighted by Crippen LogP contribution is -2.37. The van der Waals surface area contributed by atoms with E-state index in [-0.39, 0.29) is 25.1 Å². The largest absolute Gasteiger partial charge is 0.389 e. The van der Waals surface area contributed by atoms with E-state index in [4.69, 9.17) is 4.74 Å². The highest BCUT2D eigenvalue weighted by Crippen LogP contribution is 2.18. The molecule has 0 fully saturated rings. The van der Waals surface area contributed by atoms with Gasteiger partial charge in [0.1, 0.15) is 0 Å². The maximum Gasteiger partial charge on any atom is 0.224 e. The van der Waals surface area contributed by atoms with Gasteiger partial charge >= 0.3 is 0 Å². The van der Waals surface area contributed by atoms with Crippen LogP contribution in [0.2, 0.25) is 0 Å². The van der Waals surface area contributed by atoms with Crippen LogP contribution >= 0.6 is 0 Å². The Morgan fingerprint density at radius 3 is 2.85 bits per heavy atom. The standard InChI is InChI=1S/C14H25N3O3/c1-4-5-12(17-7-6-15-11-17)8-14(19)16(2)9-13(18)10-20-3/h6-7,11-13,18H,4-5,8-10H2,1-3H3. The van der Waals surface area contributed by atoms with Crippen molar-refractivity contribution in [1.82, 2.24) is 14.5 Å². The fraction of sp³-hybridized carbons (Fsp3) is 0.714. The van der Waals surface area contributed by atoms with Crippen molar-refractivity contribution >= 4 is 5.91 Å². The zero-order chi connectivity index (χ0) is 15.0. The average Bonchev–Trinajstić information content (AvgIpc) is 2.92. The van der Waals surface area contributed by atoms with Gasteiger partial charge in [-0.2, -0.15) is 0 Å². The second kappa shape index (κ2) is 8.71. The van der Waals surface area contributed by atoms with Crippen LogP contribution in [0.15, 0.2) is 18.7 Å². The summed E-state index contributed by atoms with van der Waals surface area (Å²) in [6.45, 7) is 2.62. The van der Waals surface area contributed by atoms with Crippen molar-refractivity contribution in [2.24, 2.45) is 0 Å². The summed E-state index contributed by atoms with van der Waals surface area (Å²) in [6, 6.07) is 0.122. The molecule has 0 aromatic carbocycles. The van der Waals surface area contributed by atoms with Crippen LogP contribution in [-0.2, 0) is 9.53 Å². The second-order valence-electron chi connectivity index (χ2n) is 5.04. The number of aromatic nitrogens is 2. The zero-order valence-corrected chi connectivity index (χ0v) is 12.5. The number of aliphatic hydroxyl groups excluding tert-OH is 1. The van der Waals surface area contributed by atoms with Crippen LogP contribution in [0.3, 0.4) is 0 Å². The number of nitrogens with zero attached hydrogens (tertiary/aromatic N) is 3. The maximum atomic E-state index is 12.2. The van der Waals surface area contributed by atoms with Gasteiger partial charge in [0.25, 0.3) is 0 Å². The minimum Gasteiger partial charge on any atom is -0.389 e. The highest BCUT2D eigenvalue weighted by atomic mass is 16.5.